The molecule has 0 unspecified atom stereocenters. The molecule has 1 aromatic carbocycles. The van der Waals surface area contributed by atoms with E-state index in [0.29, 0.717) is 17.0 Å². The molecule has 2 rings (SSSR count). The van der Waals surface area contributed by atoms with Crippen LogP contribution < -0.4 is 5.32 Å². The van der Waals surface area contributed by atoms with Crippen molar-refractivity contribution >= 4 is 22.4 Å². The van der Waals surface area contributed by atoms with Crippen LogP contribution in [0.3, 0.4) is 0 Å². The van der Waals surface area contributed by atoms with E-state index < -0.39 is 29.4 Å². The summed E-state index contributed by atoms with van der Waals surface area (Å²) in [5.74, 6) is -0.480. The lowest BCUT2D eigenvalue weighted by Crippen LogP contribution is -2.16. The summed E-state index contributed by atoms with van der Waals surface area (Å²) in [7, 11) is 1.32. The van der Waals surface area contributed by atoms with Crippen LogP contribution in [0.2, 0.25) is 0 Å². The van der Waals surface area contributed by atoms with Crippen LogP contribution in [0.4, 0.5) is 31.5 Å². The zero-order chi connectivity index (χ0) is 19.5. The van der Waals surface area contributed by atoms with Crippen LogP contribution in [0.25, 0.3) is 0 Å². The zero-order valence-corrected chi connectivity index (χ0v) is 14.0. The maximum atomic E-state index is 12.9. The van der Waals surface area contributed by atoms with Gasteiger partial charge in [-0.05, 0) is 23.8 Å². The van der Waals surface area contributed by atoms with Gasteiger partial charge in [0.05, 0.1) is 11.1 Å². The fraction of sp³-hybridized carbons (Fsp3) is 0.333. The number of halogens is 6. The van der Waals surface area contributed by atoms with Gasteiger partial charge < -0.3 is 4.74 Å². The van der Waals surface area contributed by atoms with Crippen LogP contribution >= 0.6 is 11.3 Å². The molecule has 0 spiro atoms. The van der Waals surface area contributed by atoms with Gasteiger partial charge in [-0.1, -0.05) is 0 Å². The van der Waals surface area contributed by atoms with Gasteiger partial charge in [-0.3, -0.25) is 10.1 Å². The Morgan fingerprint density at radius 2 is 1.69 bits per heavy atom. The Hall–Kier alpha value is -2.14. The van der Waals surface area contributed by atoms with Crippen molar-refractivity contribution in [3.8, 4) is 0 Å². The third kappa shape index (κ3) is 5.43. The number of ether oxygens (including phenoxy) is 1. The van der Waals surface area contributed by atoms with Crippen LogP contribution in [-0.2, 0) is 28.3 Å². The summed E-state index contributed by atoms with van der Waals surface area (Å²) in [6.45, 7) is -0.211. The Balaban J connectivity index is 2.26. The van der Waals surface area contributed by atoms with Gasteiger partial charge in [0.25, 0.3) is 5.91 Å². The Kier molecular flexibility index (Phi) is 5.91. The molecule has 0 saturated carbocycles. The second-order valence-corrected chi connectivity index (χ2v) is 6.32. The smallest absolute Gasteiger partial charge is 0.375 e. The summed E-state index contributed by atoms with van der Waals surface area (Å²) < 4.78 is 81.8. The lowest BCUT2D eigenvalue weighted by molar-refractivity contribution is -0.143. The molecule has 0 aliphatic heterocycles. The molecule has 1 aromatic heterocycles. The number of methoxy groups -OCH3 is 1. The van der Waals surface area contributed by atoms with Crippen molar-refractivity contribution in [1.29, 1.82) is 0 Å². The summed E-state index contributed by atoms with van der Waals surface area (Å²) in [4.78, 5) is 15.6. The first-order valence-corrected chi connectivity index (χ1v) is 7.82. The minimum Gasteiger partial charge on any atom is -0.375 e. The van der Waals surface area contributed by atoms with E-state index in [1.54, 1.807) is 0 Å². The molecular formula is C15H12F6N2O2S. The first kappa shape index (κ1) is 20.2. The standard InChI is InChI=1S/C15H12F6N2O2S/c1-25-7-12(24)23-13-22-6-11(26-13)4-8-2-9(14(16,17)18)5-10(3-8)15(19,20)21/h2-3,5-6H,4,7H2,1H3,(H,22,23,24). The van der Waals surface area contributed by atoms with Crippen LogP contribution in [0.5, 0.6) is 0 Å². The number of aromatic nitrogens is 1. The van der Waals surface area contributed by atoms with Gasteiger partial charge in [0.2, 0.25) is 0 Å². The van der Waals surface area contributed by atoms with E-state index in [-0.39, 0.29) is 29.8 Å². The fourth-order valence-corrected chi connectivity index (χ4v) is 2.92. The summed E-state index contributed by atoms with van der Waals surface area (Å²) in [6, 6.07) is 1.41. The molecule has 1 heterocycles. The fourth-order valence-electron chi connectivity index (χ4n) is 2.06. The molecule has 1 amide bonds. The van der Waals surface area contributed by atoms with Crippen molar-refractivity contribution in [3.63, 3.8) is 0 Å². The van der Waals surface area contributed by atoms with Gasteiger partial charge in [0.1, 0.15) is 6.61 Å². The molecule has 0 radical (unpaired) electrons. The van der Waals surface area contributed by atoms with Crippen LogP contribution in [-0.4, -0.2) is 24.6 Å². The lowest BCUT2D eigenvalue weighted by Gasteiger charge is -2.13. The highest BCUT2D eigenvalue weighted by molar-refractivity contribution is 7.15. The van der Waals surface area contributed by atoms with E-state index in [1.807, 2.05) is 0 Å². The molecule has 0 fully saturated rings. The molecule has 2 aromatic rings. The minimum atomic E-state index is -4.90. The number of anilines is 1. The first-order valence-electron chi connectivity index (χ1n) is 7.01. The van der Waals surface area contributed by atoms with E-state index >= 15 is 0 Å². The summed E-state index contributed by atoms with van der Waals surface area (Å²) in [5.41, 5.74) is -2.91. The Labute approximate surface area is 147 Å². The molecule has 0 aliphatic rings. The number of nitrogens with zero attached hydrogens (tertiary/aromatic N) is 1. The second-order valence-electron chi connectivity index (χ2n) is 5.20. The third-order valence-corrected chi connectivity index (χ3v) is 4.01. The summed E-state index contributed by atoms with van der Waals surface area (Å²) >= 11 is 0.947. The molecule has 1 N–H and O–H groups in total. The highest BCUT2D eigenvalue weighted by Gasteiger charge is 2.36. The summed E-state index contributed by atoms with van der Waals surface area (Å²) in [6.07, 6.45) is -8.71. The van der Waals surface area contributed by atoms with Gasteiger partial charge in [-0.25, -0.2) is 4.98 Å². The van der Waals surface area contributed by atoms with E-state index in [2.05, 4.69) is 15.0 Å². The first-order chi connectivity index (χ1) is 12.0. The Morgan fingerprint density at radius 3 is 2.19 bits per heavy atom. The molecule has 4 nitrogen and oxygen atoms in total. The Bertz CT molecular complexity index is 753. The van der Waals surface area contributed by atoms with Crippen molar-refractivity contribution in [2.24, 2.45) is 0 Å². The average molecular weight is 398 g/mol. The number of benzene rings is 1. The zero-order valence-electron chi connectivity index (χ0n) is 13.2. The van der Waals surface area contributed by atoms with Crippen LogP contribution in [0.1, 0.15) is 21.6 Å². The topological polar surface area (TPSA) is 51.2 Å². The van der Waals surface area contributed by atoms with E-state index in [0.717, 1.165) is 11.3 Å². The molecule has 26 heavy (non-hydrogen) atoms. The SMILES string of the molecule is COCC(=O)Nc1ncc(Cc2cc(C(F)(F)F)cc(C(F)(F)F)c2)s1. The van der Waals surface area contributed by atoms with Crippen molar-refractivity contribution < 1.29 is 35.9 Å². The predicted molar refractivity (Wildman–Crippen MR) is 81.9 cm³/mol. The maximum absolute atomic E-state index is 12.9. The normalized spacial score (nSPS) is 12.3. The van der Waals surface area contributed by atoms with E-state index in [1.165, 1.54) is 13.3 Å². The molecule has 0 aliphatic carbocycles. The summed E-state index contributed by atoms with van der Waals surface area (Å²) in [5, 5.41) is 2.58. The molecule has 0 atom stereocenters. The number of carbonyl (C=O) groups is 1. The number of hydrogen-bond donors (Lipinski definition) is 1. The quantitative estimate of drug-likeness (QED) is 0.762. The number of thiazole rings is 1. The number of nitrogens with one attached hydrogen (secondary N) is 1. The average Bonchev–Trinajstić information content (AvgIpc) is 2.92. The number of rotatable bonds is 5. The lowest BCUT2D eigenvalue weighted by atomic mass is 10.0. The van der Waals surface area contributed by atoms with Crippen molar-refractivity contribution in [2.75, 3.05) is 19.0 Å². The van der Waals surface area contributed by atoms with Gasteiger partial charge >= 0.3 is 12.4 Å². The van der Waals surface area contributed by atoms with E-state index in [4.69, 9.17) is 0 Å². The monoisotopic (exact) mass is 398 g/mol. The van der Waals surface area contributed by atoms with Crippen molar-refractivity contribution in [3.05, 3.63) is 46.0 Å². The number of amides is 1. The molecule has 142 valence electrons. The van der Waals surface area contributed by atoms with Gasteiger partial charge in [0, 0.05) is 24.6 Å². The minimum absolute atomic E-state index is 0.0760. The molecule has 0 saturated heterocycles. The number of hydrogen-bond acceptors (Lipinski definition) is 4. The highest BCUT2D eigenvalue weighted by Crippen LogP contribution is 2.37. The van der Waals surface area contributed by atoms with Gasteiger partial charge in [-0.2, -0.15) is 26.3 Å². The highest BCUT2D eigenvalue weighted by atomic mass is 32.1. The third-order valence-electron chi connectivity index (χ3n) is 3.10. The predicted octanol–water partition coefficient (Wildman–Crippen LogP) is 4.36. The second kappa shape index (κ2) is 7.62. The van der Waals surface area contributed by atoms with Crippen LogP contribution in [0, 0.1) is 0 Å². The maximum Gasteiger partial charge on any atom is 0.416 e. The number of alkyl halides is 6. The largest absolute Gasteiger partial charge is 0.416 e. The molecule has 0 bridgehead atoms. The van der Waals surface area contributed by atoms with E-state index in [9.17, 15) is 31.1 Å². The molecular weight excluding hydrogens is 386 g/mol. The van der Waals surface area contributed by atoms with Crippen LogP contribution in [0.15, 0.2) is 24.4 Å². The van der Waals surface area contributed by atoms with Crippen molar-refractivity contribution in [2.45, 2.75) is 18.8 Å². The molecule has 11 heteroatoms. The van der Waals surface area contributed by atoms with Crippen molar-refractivity contribution in [1.82, 2.24) is 4.98 Å². The number of carbonyl (C=O) groups excluding carboxylic acids is 1. The van der Waals surface area contributed by atoms with Gasteiger partial charge in [-0.15, -0.1) is 11.3 Å². The van der Waals surface area contributed by atoms with Gasteiger partial charge in [0.15, 0.2) is 5.13 Å². The Morgan fingerprint density at radius 1 is 1.12 bits per heavy atom.